The van der Waals surface area contributed by atoms with E-state index in [9.17, 15) is 4.79 Å². The van der Waals surface area contributed by atoms with Crippen LogP contribution in [0.25, 0.3) is 0 Å². The molecule has 1 aromatic rings. The van der Waals surface area contributed by atoms with Gasteiger partial charge in [0.15, 0.2) is 0 Å². The average Bonchev–Trinajstić information content (AvgIpc) is 2.30. The summed E-state index contributed by atoms with van der Waals surface area (Å²) in [4.78, 5) is 11.0. The summed E-state index contributed by atoms with van der Waals surface area (Å²) in [7, 11) is 1.34. The van der Waals surface area contributed by atoms with Crippen molar-refractivity contribution in [2.75, 3.05) is 12.4 Å². The quantitative estimate of drug-likeness (QED) is 0.689. The van der Waals surface area contributed by atoms with Crippen molar-refractivity contribution in [2.45, 2.75) is 12.5 Å². The largest absolute Gasteiger partial charge is 0.468 e. The Kier molecular flexibility index (Phi) is 13.3. The zero-order valence-corrected chi connectivity index (χ0v) is 11.8. The molecule has 1 aromatic carbocycles. The molecule has 6 heteroatoms. The third-order valence-corrected chi connectivity index (χ3v) is 1.80. The highest BCUT2D eigenvalue weighted by molar-refractivity contribution is 6.40. The van der Waals surface area contributed by atoms with Gasteiger partial charge in [0.05, 0.1) is 12.4 Å². The Bertz CT molecular complexity index is 296. The molecule has 2 N–H and O–H groups in total. The number of halogens is 3. The lowest BCUT2D eigenvalue weighted by Crippen LogP contribution is -2.33. The van der Waals surface area contributed by atoms with Gasteiger partial charge in [-0.25, -0.2) is 0 Å². The fourth-order valence-corrected chi connectivity index (χ4v) is 1.10. The zero-order valence-electron chi connectivity index (χ0n) is 9.44. The molecule has 0 amide bonds. The first kappa shape index (κ1) is 18.9. The molecule has 0 aliphatic carbocycles. The predicted octanol–water partition coefficient (Wildman–Crippen LogP) is 2.57. The van der Waals surface area contributed by atoms with Crippen molar-refractivity contribution in [3.63, 3.8) is 0 Å². The van der Waals surface area contributed by atoms with Crippen LogP contribution in [0.5, 0.6) is 0 Å². The molecular weight excluding hydrogens is 284 g/mol. The fourth-order valence-electron chi connectivity index (χ4n) is 1.10. The lowest BCUT2D eigenvalue weighted by atomic mass is 10.1. The number of ether oxygens (including phenoxy) is 1. The van der Waals surface area contributed by atoms with E-state index < -0.39 is 6.04 Å². The summed E-state index contributed by atoms with van der Waals surface area (Å²) in [6, 6.07) is 9.06. The number of carbonyl (C=O) groups is 1. The van der Waals surface area contributed by atoms with Gasteiger partial charge in [-0.1, -0.05) is 30.3 Å². The van der Waals surface area contributed by atoms with E-state index in [-0.39, 0.29) is 23.7 Å². The van der Waals surface area contributed by atoms with E-state index in [4.69, 9.17) is 28.9 Å². The van der Waals surface area contributed by atoms with Crippen LogP contribution >= 0.6 is 35.6 Å². The first-order chi connectivity index (χ1) is 7.65. The van der Waals surface area contributed by atoms with Gasteiger partial charge in [0, 0.05) is 0 Å². The van der Waals surface area contributed by atoms with Gasteiger partial charge in [-0.15, -0.1) is 35.6 Å². The summed E-state index contributed by atoms with van der Waals surface area (Å²) in [5.74, 6) is -0.371. The summed E-state index contributed by atoms with van der Waals surface area (Å²) in [6.07, 6.45) is 0.521. The number of alkyl halides is 2. The topological polar surface area (TPSA) is 52.3 Å². The van der Waals surface area contributed by atoms with Gasteiger partial charge in [0.2, 0.25) is 0 Å². The maximum atomic E-state index is 11.0. The molecule has 0 radical (unpaired) electrons. The standard InChI is InChI=1S/C10H13NO2.CH2Cl2.ClH/c1-13-10(12)9(11)7-8-5-3-2-4-6-8;2-1-3;/h2-6,9H,7,11H2,1H3;1H2;1H. The number of benzene rings is 1. The maximum absolute atomic E-state index is 11.0. The molecule has 0 heterocycles. The molecule has 0 fully saturated rings. The number of carbonyl (C=O) groups excluding carboxylic acids is 1. The third kappa shape index (κ3) is 9.24. The molecule has 1 unspecified atom stereocenters. The smallest absolute Gasteiger partial charge is 0.322 e. The molecule has 0 saturated heterocycles. The van der Waals surface area contributed by atoms with Crippen LogP contribution in [-0.4, -0.2) is 24.5 Å². The molecule has 1 atom stereocenters. The van der Waals surface area contributed by atoms with Crippen LogP contribution < -0.4 is 5.73 Å². The molecule has 0 aliphatic heterocycles. The zero-order chi connectivity index (χ0) is 12.4. The van der Waals surface area contributed by atoms with Gasteiger partial charge in [-0.3, -0.25) is 4.79 Å². The van der Waals surface area contributed by atoms with Gasteiger partial charge >= 0.3 is 5.97 Å². The van der Waals surface area contributed by atoms with Crippen molar-refractivity contribution in [2.24, 2.45) is 5.73 Å². The van der Waals surface area contributed by atoms with Crippen LogP contribution in [0, 0.1) is 0 Å². The lowest BCUT2D eigenvalue weighted by Gasteiger charge is -2.08. The van der Waals surface area contributed by atoms with Gasteiger partial charge in [0.25, 0.3) is 0 Å². The van der Waals surface area contributed by atoms with E-state index in [1.165, 1.54) is 7.11 Å². The van der Waals surface area contributed by atoms with E-state index in [0.29, 0.717) is 6.42 Å². The molecule has 1 rings (SSSR count). The van der Waals surface area contributed by atoms with Crippen LogP contribution in [0.1, 0.15) is 5.56 Å². The Morgan fingerprint density at radius 2 is 1.82 bits per heavy atom. The van der Waals surface area contributed by atoms with Crippen LogP contribution in [-0.2, 0) is 16.0 Å². The van der Waals surface area contributed by atoms with Crippen LogP contribution in [0.2, 0.25) is 0 Å². The summed E-state index contributed by atoms with van der Waals surface area (Å²) < 4.78 is 4.52. The second-order valence-electron chi connectivity index (χ2n) is 2.92. The van der Waals surface area contributed by atoms with Crippen molar-refractivity contribution in [1.82, 2.24) is 0 Å². The average molecular weight is 301 g/mol. The number of hydrogen-bond acceptors (Lipinski definition) is 3. The van der Waals surface area contributed by atoms with Gasteiger partial charge in [-0.2, -0.15) is 0 Å². The van der Waals surface area contributed by atoms with Crippen molar-refractivity contribution < 1.29 is 9.53 Å². The molecule has 0 spiro atoms. The maximum Gasteiger partial charge on any atom is 0.322 e. The minimum absolute atomic E-state index is 0. The second kappa shape index (κ2) is 12.0. The molecule has 0 aliphatic rings. The molecular formula is C11H16Cl3NO2. The van der Waals surface area contributed by atoms with Crippen molar-refractivity contribution >= 4 is 41.6 Å². The molecule has 98 valence electrons. The number of hydrogen-bond donors (Lipinski definition) is 1. The second-order valence-corrected chi connectivity index (χ2v) is 3.73. The summed E-state index contributed by atoms with van der Waals surface area (Å²) in [5.41, 5.74) is 6.63. The van der Waals surface area contributed by atoms with Gasteiger partial charge in [0.1, 0.15) is 6.04 Å². The van der Waals surface area contributed by atoms with E-state index in [0.717, 1.165) is 5.56 Å². The number of nitrogens with two attached hydrogens (primary N) is 1. The number of rotatable bonds is 3. The van der Waals surface area contributed by atoms with Crippen LogP contribution in [0.15, 0.2) is 30.3 Å². The summed E-state index contributed by atoms with van der Waals surface area (Å²) in [5, 5.41) is 0.194. The van der Waals surface area contributed by atoms with E-state index in [2.05, 4.69) is 4.74 Å². The summed E-state index contributed by atoms with van der Waals surface area (Å²) >= 11 is 9.53. The number of methoxy groups -OCH3 is 1. The SMILES string of the molecule is COC(=O)C(N)Cc1ccccc1.Cl.ClCCl. The van der Waals surface area contributed by atoms with E-state index in [1.54, 1.807) is 0 Å². The number of esters is 1. The van der Waals surface area contributed by atoms with E-state index >= 15 is 0 Å². The Morgan fingerprint density at radius 3 is 2.24 bits per heavy atom. The Balaban J connectivity index is 0. The first-order valence-electron chi connectivity index (χ1n) is 4.65. The Labute approximate surface area is 118 Å². The molecule has 0 saturated carbocycles. The fraction of sp³-hybridized carbons (Fsp3) is 0.364. The Hall–Kier alpha value is -0.480. The summed E-state index contributed by atoms with van der Waals surface area (Å²) in [6.45, 7) is 0. The van der Waals surface area contributed by atoms with Crippen molar-refractivity contribution in [3.8, 4) is 0 Å². The van der Waals surface area contributed by atoms with Crippen molar-refractivity contribution in [1.29, 1.82) is 0 Å². The normalized spacial score (nSPS) is 10.4. The molecule has 0 aromatic heterocycles. The minimum Gasteiger partial charge on any atom is -0.468 e. The van der Waals surface area contributed by atoms with E-state index in [1.807, 2.05) is 30.3 Å². The molecule has 17 heavy (non-hydrogen) atoms. The predicted molar refractivity (Wildman–Crippen MR) is 74.0 cm³/mol. The lowest BCUT2D eigenvalue weighted by molar-refractivity contribution is -0.142. The third-order valence-electron chi connectivity index (χ3n) is 1.80. The van der Waals surface area contributed by atoms with Crippen LogP contribution in [0.4, 0.5) is 0 Å². The highest BCUT2D eigenvalue weighted by Crippen LogP contribution is 2.02. The monoisotopic (exact) mass is 299 g/mol. The van der Waals surface area contributed by atoms with Crippen molar-refractivity contribution in [3.05, 3.63) is 35.9 Å². The van der Waals surface area contributed by atoms with Gasteiger partial charge < -0.3 is 10.5 Å². The van der Waals surface area contributed by atoms with Crippen LogP contribution in [0.3, 0.4) is 0 Å². The highest BCUT2D eigenvalue weighted by atomic mass is 35.5. The first-order valence-corrected chi connectivity index (χ1v) is 5.71. The molecule has 3 nitrogen and oxygen atoms in total. The molecule has 0 bridgehead atoms. The minimum atomic E-state index is -0.563. The highest BCUT2D eigenvalue weighted by Gasteiger charge is 2.13. The van der Waals surface area contributed by atoms with Gasteiger partial charge in [-0.05, 0) is 12.0 Å². The Morgan fingerprint density at radius 1 is 1.35 bits per heavy atom.